The summed E-state index contributed by atoms with van der Waals surface area (Å²) in [4.78, 5) is 20.2. The largest absolute Gasteiger partial charge is 0.451 e. The van der Waals surface area contributed by atoms with Crippen molar-refractivity contribution in [3.05, 3.63) is 96.1 Å². The number of halogens is 1. The Morgan fingerprint density at radius 2 is 1.86 bits per heavy atom. The average molecular weight is 372 g/mol. The minimum absolute atomic E-state index is 0.0650. The molecule has 2 heterocycles. The first-order chi connectivity index (χ1) is 13.6. The zero-order valence-corrected chi connectivity index (χ0v) is 15.2. The molecule has 0 unspecified atom stereocenters. The van der Waals surface area contributed by atoms with Gasteiger partial charge in [0.05, 0.1) is 11.8 Å². The predicted molar refractivity (Wildman–Crippen MR) is 104 cm³/mol. The summed E-state index contributed by atoms with van der Waals surface area (Å²) in [7, 11) is 0. The van der Waals surface area contributed by atoms with Crippen molar-refractivity contribution in [1.29, 1.82) is 0 Å². The molecule has 28 heavy (non-hydrogen) atoms. The molecule has 0 saturated heterocycles. The van der Waals surface area contributed by atoms with Crippen LogP contribution in [-0.2, 0) is 6.42 Å². The molecule has 2 aromatic heterocycles. The number of Topliss-reactive ketones (excluding diaryl/α,β-unsaturated/α-hetero) is 1. The number of pyridine rings is 1. The molecule has 138 valence electrons. The molecule has 0 N–H and O–H groups in total. The summed E-state index contributed by atoms with van der Waals surface area (Å²) >= 11 is 0. The number of rotatable bonds is 5. The lowest BCUT2D eigenvalue weighted by Gasteiger charge is -2.09. The van der Waals surface area contributed by atoms with Crippen LogP contribution in [0.2, 0.25) is 0 Å². The highest BCUT2D eigenvalue weighted by atomic mass is 19.1. The highest BCUT2D eigenvalue weighted by Gasteiger charge is 2.13. The fourth-order valence-electron chi connectivity index (χ4n) is 3.13. The van der Waals surface area contributed by atoms with Gasteiger partial charge >= 0.3 is 0 Å². The third kappa shape index (κ3) is 3.60. The minimum atomic E-state index is -0.593. The first kappa shape index (κ1) is 17.8. The van der Waals surface area contributed by atoms with E-state index in [1.54, 1.807) is 6.26 Å². The highest BCUT2D eigenvalue weighted by Crippen LogP contribution is 2.29. The van der Waals surface area contributed by atoms with Crippen LogP contribution in [0.3, 0.4) is 0 Å². The van der Waals surface area contributed by atoms with E-state index in [2.05, 4.69) is 16.0 Å². The monoisotopic (exact) mass is 372 g/mol. The van der Waals surface area contributed by atoms with E-state index in [-0.39, 0.29) is 17.8 Å². The zero-order chi connectivity index (χ0) is 19.5. The number of benzene rings is 2. The normalized spacial score (nSPS) is 10.8. The van der Waals surface area contributed by atoms with Crippen molar-refractivity contribution < 1.29 is 13.6 Å². The minimum Gasteiger partial charge on any atom is -0.451 e. The Kier molecular flexibility index (Phi) is 4.81. The Hall–Kier alpha value is -3.60. The molecule has 5 heteroatoms. The number of hydrogen-bond acceptors (Lipinski definition) is 4. The SMILES string of the molecule is Cc1ccc(-c2cocn2)cc1-c1ccc(CC(=O)c2ccncc2F)cc1. The Morgan fingerprint density at radius 1 is 1.07 bits per heavy atom. The fraction of sp³-hybridized carbons (Fsp3) is 0.0870. The second-order valence-electron chi connectivity index (χ2n) is 6.56. The molecule has 0 saturated carbocycles. The summed E-state index contributed by atoms with van der Waals surface area (Å²) in [5, 5.41) is 0. The first-order valence-corrected chi connectivity index (χ1v) is 8.83. The summed E-state index contributed by atoms with van der Waals surface area (Å²) < 4.78 is 18.8. The molecule has 4 nitrogen and oxygen atoms in total. The van der Waals surface area contributed by atoms with E-state index in [9.17, 15) is 9.18 Å². The zero-order valence-electron chi connectivity index (χ0n) is 15.2. The van der Waals surface area contributed by atoms with Gasteiger partial charge in [0, 0.05) is 18.2 Å². The van der Waals surface area contributed by atoms with Gasteiger partial charge in [-0.1, -0.05) is 36.4 Å². The number of aromatic nitrogens is 2. The quantitative estimate of drug-likeness (QED) is 0.448. The van der Waals surface area contributed by atoms with Crippen LogP contribution in [0.25, 0.3) is 22.4 Å². The highest BCUT2D eigenvalue weighted by molar-refractivity contribution is 5.97. The number of oxazole rings is 1. The van der Waals surface area contributed by atoms with Gasteiger partial charge in [-0.05, 0) is 41.3 Å². The number of carbonyl (C=O) groups is 1. The molecule has 0 radical (unpaired) electrons. The van der Waals surface area contributed by atoms with Crippen molar-refractivity contribution in [3.63, 3.8) is 0 Å². The molecule has 0 atom stereocenters. The molecule has 0 aliphatic carbocycles. The molecular weight excluding hydrogens is 355 g/mol. The van der Waals surface area contributed by atoms with Crippen molar-refractivity contribution in [2.24, 2.45) is 0 Å². The van der Waals surface area contributed by atoms with Gasteiger partial charge in [-0.25, -0.2) is 9.37 Å². The van der Waals surface area contributed by atoms with Gasteiger partial charge < -0.3 is 4.42 Å². The van der Waals surface area contributed by atoms with E-state index in [1.807, 2.05) is 43.3 Å². The number of ketones is 1. The maximum atomic E-state index is 13.7. The summed E-state index contributed by atoms with van der Waals surface area (Å²) in [5.74, 6) is -0.860. The summed E-state index contributed by atoms with van der Waals surface area (Å²) in [6, 6.07) is 15.3. The van der Waals surface area contributed by atoms with Crippen LogP contribution in [-0.4, -0.2) is 15.8 Å². The van der Waals surface area contributed by atoms with Crippen LogP contribution in [0.15, 0.2) is 78.0 Å². The van der Waals surface area contributed by atoms with E-state index in [1.165, 1.54) is 18.7 Å². The maximum absolute atomic E-state index is 13.7. The van der Waals surface area contributed by atoms with Crippen molar-refractivity contribution in [1.82, 2.24) is 9.97 Å². The van der Waals surface area contributed by atoms with E-state index >= 15 is 0 Å². The average Bonchev–Trinajstić information content (AvgIpc) is 3.24. The Bertz CT molecular complexity index is 1120. The van der Waals surface area contributed by atoms with E-state index in [0.29, 0.717) is 0 Å². The number of aryl methyl sites for hydroxylation is 1. The molecule has 0 aliphatic heterocycles. The molecule has 4 rings (SSSR count). The Balaban J connectivity index is 1.58. The van der Waals surface area contributed by atoms with Gasteiger partial charge in [0.15, 0.2) is 18.0 Å². The fourth-order valence-corrected chi connectivity index (χ4v) is 3.13. The van der Waals surface area contributed by atoms with Gasteiger partial charge in [-0.2, -0.15) is 0 Å². The van der Waals surface area contributed by atoms with E-state index in [0.717, 1.165) is 39.7 Å². The number of carbonyl (C=O) groups excluding carboxylic acids is 1. The molecule has 4 aromatic rings. The molecule has 0 fully saturated rings. The van der Waals surface area contributed by atoms with Crippen LogP contribution in [0.4, 0.5) is 4.39 Å². The van der Waals surface area contributed by atoms with Crippen molar-refractivity contribution in [2.75, 3.05) is 0 Å². The summed E-state index contributed by atoms with van der Waals surface area (Å²) in [5.41, 5.74) is 5.90. The second kappa shape index (κ2) is 7.56. The number of hydrogen-bond donors (Lipinski definition) is 0. The maximum Gasteiger partial charge on any atom is 0.181 e. The molecule has 0 amide bonds. The van der Waals surface area contributed by atoms with Crippen molar-refractivity contribution >= 4 is 5.78 Å². The van der Waals surface area contributed by atoms with Crippen LogP contribution in [0.5, 0.6) is 0 Å². The van der Waals surface area contributed by atoms with E-state index in [4.69, 9.17) is 4.42 Å². The van der Waals surface area contributed by atoms with Crippen molar-refractivity contribution in [3.8, 4) is 22.4 Å². The van der Waals surface area contributed by atoms with Gasteiger partial charge in [-0.3, -0.25) is 9.78 Å². The van der Waals surface area contributed by atoms with Gasteiger partial charge in [0.1, 0.15) is 12.0 Å². The Labute approximate surface area is 161 Å². The smallest absolute Gasteiger partial charge is 0.181 e. The van der Waals surface area contributed by atoms with Crippen LogP contribution in [0, 0.1) is 12.7 Å². The molecule has 0 spiro atoms. The number of nitrogens with zero attached hydrogens (tertiary/aromatic N) is 2. The molecule has 2 aromatic carbocycles. The third-order valence-corrected chi connectivity index (χ3v) is 4.67. The second-order valence-corrected chi connectivity index (χ2v) is 6.56. The molecule has 0 bridgehead atoms. The van der Waals surface area contributed by atoms with Gasteiger partial charge in [0.25, 0.3) is 0 Å². The lowest BCUT2D eigenvalue weighted by Crippen LogP contribution is -2.06. The predicted octanol–water partition coefficient (Wildman–Crippen LogP) is 5.28. The van der Waals surface area contributed by atoms with Gasteiger partial charge in [0.2, 0.25) is 0 Å². The molecular formula is C23H17FN2O2. The van der Waals surface area contributed by atoms with Crippen molar-refractivity contribution in [2.45, 2.75) is 13.3 Å². The molecule has 0 aliphatic rings. The third-order valence-electron chi connectivity index (χ3n) is 4.67. The topological polar surface area (TPSA) is 56.0 Å². The van der Waals surface area contributed by atoms with Crippen LogP contribution >= 0.6 is 0 Å². The van der Waals surface area contributed by atoms with E-state index < -0.39 is 5.82 Å². The first-order valence-electron chi connectivity index (χ1n) is 8.83. The lowest BCUT2D eigenvalue weighted by atomic mass is 9.95. The lowest BCUT2D eigenvalue weighted by molar-refractivity contribution is 0.0989. The summed E-state index contributed by atoms with van der Waals surface area (Å²) in [6.07, 6.45) is 5.64. The standard InChI is InChI=1S/C23H17FN2O2/c1-15-2-5-18(22-13-28-14-26-22)11-20(15)17-6-3-16(4-7-17)10-23(27)19-8-9-25-12-21(19)24/h2-9,11-14H,10H2,1H3. The van der Waals surface area contributed by atoms with Crippen LogP contribution in [0.1, 0.15) is 21.5 Å². The van der Waals surface area contributed by atoms with Gasteiger partial charge in [-0.15, -0.1) is 0 Å². The van der Waals surface area contributed by atoms with Crippen LogP contribution < -0.4 is 0 Å². The summed E-state index contributed by atoms with van der Waals surface area (Å²) in [6.45, 7) is 2.05. The Morgan fingerprint density at radius 3 is 2.57 bits per heavy atom.